The van der Waals surface area contributed by atoms with Crippen molar-refractivity contribution in [1.29, 1.82) is 0 Å². The molecule has 384 valence electrons. The van der Waals surface area contributed by atoms with Gasteiger partial charge in [-0.2, -0.15) is 0 Å². The summed E-state index contributed by atoms with van der Waals surface area (Å²) < 4.78 is 0. The number of rotatable bonds is 54. The minimum atomic E-state index is -0.952. The van der Waals surface area contributed by atoms with E-state index in [0.29, 0.717) is 6.42 Å². The van der Waals surface area contributed by atoms with Gasteiger partial charge in [0.1, 0.15) is 0 Å². The molecule has 0 aromatic rings. The lowest BCUT2D eigenvalue weighted by Crippen LogP contribution is -2.45. The lowest BCUT2D eigenvalue weighted by atomic mass is 10.0. The van der Waals surface area contributed by atoms with Crippen molar-refractivity contribution in [2.45, 2.75) is 334 Å². The summed E-state index contributed by atoms with van der Waals surface area (Å²) in [5.41, 5.74) is 0. The van der Waals surface area contributed by atoms with Crippen molar-refractivity contribution in [1.82, 2.24) is 5.32 Å². The van der Waals surface area contributed by atoms with Crippen molar-refractivity contribution in [3.8, 4) is 0 Å². The van der Waals surface area contributed by atoms with Gasteiger partial charge in [-0.1, -0.05) is 288 Å². The number of carbonyl (C=O) groups is 1. The molecule has 65 heavy (non-hydrogen) atoms. The third-order valence-corrected chi connectivity index (χ3v) is 13.6. The SMILES string of the molecule is CCCCCCCCCCCCCC/C=C\CCCCCCCCCCCCCCCCC(O)CC(=O)NC(CO)C(O)/C=C/CC/C=C/CCCCCCCCCCCCCCCC. The summed E-state index contributed by atoms with van der Waals surface area (Å²) in [5, 5.41) is 33.4. The van der Waals surface area contributed by atoms with Gasteiger partial charge in [0.15, 0.2) is 0 Å². The molecule has 3 atom stereocenters. The number of amides is 1. The molecule has 0 radical (unpaired) electrons. The zero-order valence-electron chi connectivity index (χ0n) is 43.9. The summed E-state index contributed by atoms with van der Waals surface area (Å²) in [4.78, 5) is 12.5. The third kappa shape index (κ3) is 51.8. The average Bonchev–Trinajstić information content (AvgIpc) is 3.30. The quantitative estimate of drug-likeness (QED) is 0.0361. The summed E-state index contributed by atoms with van der Waals surface area (Å²) in [7, 11) is 0. The van der Waals surface area contributed by atoms with Gasteiger partial charge in [-0.3, -0.25) is 4.79 Å². The van der Waals surface area contributed by atoms with E-state index < -0.39 is 18.2 Å². The number of carbonyl (C=O) groups excluding carboxylic acids is 1. The molecule has 0 bridgehead atoms. The van der Waals surface area contributed by atoms with Crippen LogP contribution in [-0.2, 0) is 4.79 Å². The van der Waals surface area contributed by atoms with Crippen molar-refractivity contribution in [3.05, 3.63) is 36.5 Å². The second kappa shape index (κ2) is 55.2. The lowest BCUT2D eigenvalue weighted by Gasteiger charge is -2.21. The molecule has 0 saturated heterocycles. The summed E-state index contributed by atoms with van der Waals surface area (Å²) in [5.74, 6) is -0.321. The number of nitrogens with one attached hydrogen (secondary N) is 1. The highest BCUT2D eigenvalue weighted by atomic mass is 16.3. The molecule has 4 N–H and O–H groups in total. The van der Waals surface area contributed by atoms with E-state index in [1.807, 2.05) is 6.08 Å². The van der Waals surface area contributed by atoms with Crippen LogP contribution in [0.1, 0.15) is 316 Å². The number of aliphatic hydroxyl groups excluding tert-OH is 3. The second-order valence-electron chi connectivity index (χ2n) is 20.2. The van der Waals surface area contributed by atoms with Gasteiger partial charge in [0.25, 0.3) is 0 Å². The average molecular weight is 915 g/mol. The van der Waals surface area contributed by atoms with Crippen LogP contribution in [0.5, 0.6) is 0 Å². The maximum atomic E-state index is 12.5. The molecule has 0 fully saturated rings. The van der Waals surface area contributed by atoms with Crippen LogP contribution in [0.3, 0.4) is 0 Å². The summed E-state index contributed by atoms with van der Waals surface area (Å²) in [6, 6.07) is -0.761. The zero-order chi connectivity index (χ0) is 47.2. The smallest absolute Gasteiger partial charge is 0.222 e. The highest BCUT2D eigenvalue weighted by Crippen LogP contribution is 2.17. The first-order valence-corrected chi connectivity index (χ1v) is 29.3. The third-order valence-electron chi connectivity index (χ3n) is 13.6. The van der Waals surface area contributed by atoms with Gasteiger partial charge < -0.3 is 20.6 Å². The number of hydrogen-bond donors (Lipinski definition) is 4. The van der Waals surface area contributed by atoms with Gasteiger partial charge in [-0.25, -0.2) is 0 Å². The molecule has 0 heterocycles. The molecule has 0 spiro atoms. The zero-order valence-corrected chi connectivity index (χ0v) is 43.9. The normalized spacial score (nSPS) is 13.5. The predicted molar refractivity (Wildman–Crippen MR) is 287 cm³/mol. The molecular weight excluding hydrogens is 799 g/mol. The molecule has 0 aromatic carbocycles. The van der Waals surface area contributed by atoms with Gasteiger partial charge in [0.05, 0.1) is 31.3 Å². The Hall–Kier alpha value is -1.43. The van der Waals surface area contributed by atoms with Gasteiger partial charge in [-0.05, 0) is 57.8 Å². The van der Waals surface area contributed by atoms with Crippen LogP contribution in [0.4, 0.5) is 0 Å². The minimum Gasteiger partial charge on any atom is -0.394 e. The molecule has 3 unspecified atom stereocenters. The molecule has 1 amide bonds. The van der Waals surface area contributed by atoms with E-state index in [-0.39, 0.29) is 18.9 Å². The van der Waals surface area contributed by atoms with Crippen LogP contribution >= 0.6 is 0 Å². The predicted octanol–water partition coefficient (Wildman–Crippen LogP) is 18.2. The Labute approximate surface area is 406 Å². The first-order valence-electron chi connectivity index (χ1n) is 29.3. The minimum absolute atomic E-state index is 0.00788. The molecule has 0 aliphatic rings. The van der Waals surface area contributed by atoms with E-state index in [1.54, 1.807) is 6.08 Å². The van der Waals surface area contributed by atoms with Gasteiger partial charge in [0, 0.05) is 0 Å². The Balaban J connectivity index is 3.56. The standard InChI is InChI=1S/C60H115NO4/c1-3-5-7-9-11-13-15-17-19-21-23-25-26-27-28-29-30-31-32-33-34-35-37-39-41-43-45-47-49-51-53-57(63)55-60(65)61-58(56-62)59(64)54-52-50-48-46-44-42-40-38-36-24-22-20-18-16-14-12-10-8-6-4-2/h27-28,44,46,52,54,57-59,62-64H,3-26,29-43,45,47-51,53,55-56H2,1-2H3,(H,61,65)/b28-27-,46-44+,54-52+. The molecule has 0 rings (SSSR count). The van der Waals surface area contributed by atoms with Crippen molar-refractivity contribution in [2.24, 2.45) is 0 Å². The van der Waals surface area contributed by atoms with Gasteiger partial charge in [0.2, 0.25) is 5.91 Å². The van der Waals surface area contributed by atoms with Crippen LogP contribution in [-0.4, -0.2) is 46.1 Å². The van der Waals surface area contributed by atoms with Crippen LogP contribution in [0.15, 0.2) is 36.5 Å². The van der Waals surface area contributed by atoms with Crippen molar-refractivity contribution in [3.63, 3.8) is 0 Å². The van der Waals surface area contributed by atoms with Crippen molar-refractivity contribution >= 4 is 5.91 Å². The summed E-state index contributed by atoms with van der Waals surface area (Å²) >= 11 is 0. The van der Waals surface area contributed by atoms with Gasteiger partial charge in [-0.15, -0.1) is 0 Å². The maximum absolute atomic E-state index is 12.5. The molecule has 5 nitrogen and oxygen atoms in total. The fraction of sp³-hybridized carbons (Fsp3) is 0.883. The van der Waals surface area contributed by atoms with Crippen LogP contribution in [0.2, 0.25) is 0 Å². The summed E-state index contributed by atoms with van der Waals surface area (Å²) in [6.07, 6.45) is 72.0. The fourth-order valence-electron chi connectivity index (χ4n) is 9.18. The largest absolute Gasteiger partial charge is 0.394 e. The fourth-order valence-corrected chi connectivity index (χ4v) is 9.18. The molecule has 0 aliphatic carbocycles. The van der Waals surface area contributed by atoms with Gasteiger partial charge >= 0.3 is 0 Å². The Morgan fingerprint density at radius 2 is 0.662 bits per heavy atom. The lowest BCUT2D eigenvalue weighted by molar-refractivity contribution is -0.124. The molecule has 5 heteroatoms. The Morgan fingerprint density at radius 1 is 0.385 bits per heavy atom. The van der Waals surface area contributed by atoms with E-state index in [2.05, 4.69) is 43.5 Å². The first-order chi connectivity index (χ1) is 32.0. The molecule has 0 aromatic heterocycles. The molecular formula is C60H115NO4. The molecule has 0 aliphatic heterocycles. The number of allylic oxidation sites excluding steroid dienone is 5. The maximum Gasteiger partial charge on any atom is 0.222 e. The van der Waals surface area contributed by atoms with E-state index in [4.69, 9.17) is 0 Å². The Bertz CT molecular complexity index is 1010. The summed E-state index contributed by atoms with van der Waals surface area (Å²) in [6.45, 7) is 4.24. The first kappa shape index (κ1) is 63.6. The number of aliphatic hydroxyl groups is 3. The van der Waals surface area contributed by atoms with Crippen molar-refractivity contribution in [2.75, 3.05) is 6.61 Å². The van der Waals surface area contributed by atoms with Crippen LogP contribution < -0.4 is 5.32 Å². The highest BCUT2D eigenvalue weighted by Gasteiger charge is 2.20. The molecule has 0 saturated carbocycles. The van der Waals surface area contributed by atoms with E-state index in [1.165, 1.54) is 257 Å². The van der Waals surface area contributed by atoms with Crippen LogP contribution in [0, 0.1) is 0 Å². The van der Waals surface area contributed by atoms with E-state index >= 15 is 0 Å². The topological polar surface area (TPSA) is 89.8 Å². The Morgan fingerprint density at radius 3 is 0.985 bits per heavy atom. The van der Waals surface area contributed by atoms with E-state index in [9.17, 15) is 20.1 Å². The number of hydrogen-bond acceptors (Lipinski definition) is 4. The number of unbranched alkanes of at least 4 members (excludes halogenated alkanes) is 41. The van der Waals surface area contributed by atoms with E-state index in [0.717, 1.165) is 32.1 Å². The monoisotopic (exact) mass is 914 g/mol. The van der Waals surface area contributed by atoms with Crippen molar-refractivity contribution < 1.29 is 20.1 Å². The van der Waals surface area contributed by atoms with Crippen LogP contribution in [0.25, 0.3) is 0 Å². The highest BCUT2D eigenvalue weighted by molar-refractivity contribution is 5.76. The second-order valence-corrected chi connectivity index (χ2v) is 20.2. The Kier molecular flexibility index (Phi) is 54.0.